The van der Waals surface area contributed by atoms with Gasteiger partial charge in [0, 0.05) is 6.08 Å². The molecule has 0 aliphatic carbocycles. The van der Waals surface area contributed by atoms with Gasteiger partial charge in [0.2, 0.25) is 0 Å². The molecule has 0 spiro atoms. The number of amidine groups is 1. The molecular weight excluding hydrogens is 162 g/mol. The highest BCUT2D eigenvalue weighted by atomic mass is 35.5. The van der Waals surface area contributed by atoms with E-state index in [1.54, 1.807) is 12.4 Å². The molecule has 4 heteroatoms. The van der Waals surface area contributed by atoms with Crippen molar-refractivity contribution in [3.05, 3.63) is 11.2 Å². The van der Waals surface area contributed by atoms with Crippen molar-refractivity contribution in [2.45, 2.75) is 13.0 Å². The van der Waals surface area contributed by atoms with E-state index in [1.165, 1.54) is 0 Å². The smallest absolute Gasteiger partial charge is 0.134 e. The molecule has 0 N–H and O–H groups in total. The van der Waals surface area contributed by atoms with Gasteiger partial charge in [-0.05, 0) is 6.92 Å². The van der Waals surface area contributed by atoms with Crippen molar-refractivity contribution in [1.82, 2.24) is 4.90 Å². The minimum absolute atomic E-state index is 0.426. The molecule has 2 heterocycles. The van der Waals surface area contributed by atoms with Crippen LogP contribution in [0.25, 0.3) is 0 Å². The fourth-order valence-corrected chi connectivity index (χ4v) is 1.32. The highest BCUT2D eigenvalue weighted by Gasteiger charge is 2.23. The molecular formula is C7H8ClN3. The Morgan fingerprint density at radius 1 is 1.73 bits per heavy atom. The summed E-state index contributed by atoms with van der Waals surface area (Å²) in [5.74, 6) is 0.928. The molecule has 0 radical (unpaired) electrons. The van der Waals surface area contributed by atoms with Crippen molar-refractivity contribution in [2.75, 3.05) is 6.54 Å². The van der Waals surface area contributed by atoms with Crippen molar-refractivity contribution < 1.29 is 0 Å². The van der Waals surface area contributed by atoms with E-state index in [9.17, 15) is 0 Å². The first-order valence-electron chi connectivity index (χ1n) is 3.51. The van der Waals surface area contributed by atoms with Gasteiger partial charge >= 0.3 is 0 Å². The molecule has 0 aromatic heterocycles. The molecule has 1 atom stereocenters. The molecule has 0 aromatic carbocycles. The molecule has 0 saturated carbocycles. The Morgan fingerprint density at radius 2 is 2.55 bits per heavy atom. The summed E-state index contributed by atoms with van der Waals surface area (Å²) in [7, 11) is 0. The Kier molecular flexibility index (Phi) is 1.46. The van der Waals surface area contributed by atoms with E-state index in [4.69, 9.17) is 11.6 Å². The van der Waals surface area contributed by atoms with E-state index in [0.29, 0.717) is 11.2 Å². The zero-order valence-corrected chi connectivity index (χ0v) is 6.91. The maximum absolute atomic E-state index is 5.69. The molecule has 11 heavy (non-hydrogen) atoms. The summed E-state index contributed by atoms with van der Waals surface area (Å²) in [6.45, 7) is 2.94. The van der Waals surface area contributed by atoms with Crippen LogP contribution >= 0.6 is 11.6 Å². The van der Waals surface area contributed by atoms with E-state index < -0.39 is 0 Å². The van der Waals surface area contributed by atoms with E-state index in [0.717, 1.165) is 12.4 Å². The molecule has 0 saturated heterocycles. The van der Waals surface area contributed by atoms with Crippen LogP contribution in [0.5, 0.6) is 0 Å². The van der Waals surface area contributed by atoms with Crippen molar-refractivity contribution in [1.29, 1.82) is 0 Å². The normalized spacial score (nSPS) is 28.2. The average Bonchev–Trinajstić information content (AvgIpc) is 2.32. The van der Waals surface area contributed by atoms with Gasteiger partial charge in [-0.1, -0.05) is 11.6 Å². The minimum Gasteiger partial charge on any atom is -0.313 e. The summed E-state index contributed by atoms with van der Waals surface area (Å²) in [6, 6.07) is 0.426. The Balaban J connectivity index is 2.31. The molecule has 0 amide bonds. The second-order valence-electron chi connectivity index (χ2n) is 2.67. The fraction of sp³-hybridized carbons (Fsp3) is 0.429. The summed E-state index contributed by atoms with van der Waals surface area (Å²) in [4.78, 5) is 10.3. The quantitative estimate of drug-likeness (QED) is 0.501. The van der Waals surface area contributed by atoms with E-state index >= 15 is 0 Å². The zero-order valence-electron chi connectivity index (χ0n) is 6.16. The molecule has 0 aromatic rings. The topological polar surface area (TPSA) is 28.0 Å². The SMILES string of the molecule is CC1CN=C2C=C(Cl)N=CN21. The Hall–Kier alpha value is -0.830. The monoisotopic (exact) mass is 169 g/mol. The molecule has 3 nitrogen and oxygen atoms in total. The van der Waals surface area contributed by atoms with Gasteiger partial charge in [0.05, 0.1) is 18.9 Å². The van der Waals surface area contributed by atoms with Gasteiger partial charge in [0.1, 0.15) is 11.0 Å². The highest BCUT2D eigenvalue weighted by Crippen LogP contribution is 2.16. The summed E-state index contributed by atoms with van der Waals surface area (Å²) < 4.78 is 0. The van der Waals surface area contributed by atoms with Crippen LogP contribution in [-0.2, 0) is 0 Å². The largest absolute Gasteiger partial charge is 0.313 e. The van der Waals surface area contributed by atoms with Crippen molar-refractivity contribution >= 4 is 23.8 Å². The maximum Gasteiger partial charge on any atom is 0.134 e. The second-order valence-corrected chi connectivity index (χ2v) is 3.05. The summed E-state index contributed by atoms with van der Waals surface area (Å²) in [5, 5.41) is 0.508. The predicted molar refractivity (Wildman–Crippen MR) is 46.0 cm³/mol. The third kappa shape index (κ3) is 1.05. The van der Waals surface area contributed by atoms with Gasteiger partial charge in [-0.25, -0.2) is 4.99 Å². The lowest BCUT2D eigenvalue weighted by atomic mass is 10.3. The van der Waals surface area contributed by atoms with Crippen LogP contribution in [0.1, 0.15) is 6.92 Å². The Bertz CT molecular complexity index is 267. The maximum atomic E-state index is 5.69. The first-order chi connectivity index (χ1) is 5.27. The summed E-state index contributed by atoms with van der Waals surface area (Å²) in [6.07, 6.45) is 3.52. The van der Waals surface area contributed by atoms with Crippen LogP contribution in [0.2, 0.25) is 0 Å². The van der Waals surface area contributed by atoms with E-state index in [2.05, 4.69) is 16.9 Å². The van der Waals surface area contributed by atoms with Gasteiger partial charge in [0.25, 0.3) is 0 Å². The van der Waals surface area contributed by atoms with Crippen molar-refractivity contribution in [3.8, 4) is 0 Å². The summed E-state index contributed by atoms with van der Waals surface area (Å²) >= 11 is 5.69. The molecule has 58 valence electrons. The number of halogens is 1. The number of fused-ring (bicyclic) bond motifs is 1. The van der Waals surface area contributed by atoms with E-state index in [-0.39, 0.29) is 0 Å². The predicted octanol–water partition coefficient (Wildman–Crippen LogP) is 1.21. The Labute approximate surface area is 70.1 Å². The van der Waals surface area contributed by atoms with Crippen molar-refractivity contribution in [2.24, 2.45) is 9.98 Å². The number of hydrogen-bond acceptors (Lipinski definition) is 3. The third-order valence-electron chi connectivity index (χ3n) is 1.81. The minimum atomic E-state index is 0.426. The number of hydrogen-bond donors (Lipinski definition) is 0. The van der Waals surface area contributed by atoms with Gasteiger partial charge in [-0.3, -0.25) is 4.99 Å². The van der Waals surface area contributed by atoms with Crippen LogP contribution < -0.4 is 0 Å². The first-order valence-corrected chi connectivity index (χ1v) is 3.89. The molecule has 2 aliphatic heterocycles. The lowest BCUT2D eigenvalue weighted by Gasteiger charge is -2.20. The third-order valence-corrected chi connectivity index (χ3v) is 2.02. The zero-order chi connectivity index (χ0) is 7.84. The molecule has 2 rings (SSSR count). The van der Waals surface area contributed by atoms with Crippen LogP contribution in [0.4, 0.5) is 0 Å². The van der Waals surface area contributed by atoms with Gasteiger partial charge in [-0.2, -0.15) is 0 Å². The standard InChI is InChI=1S/C7H8ClN3/c1-5-3-9-7-2-6(8)10-4-11(5)7/h2,4-5H,3H2,1H3. The molecule has 1 unspecified atom stereocenters. The first kappa shape index (κ1) is 6.85. The van der Waals surface area contributed by atoms with Gasteiger partial charge < -0.3 is 4.90 Å². The molecule has 2 aliphatic rings. The van der Waals surface area contributed by atoms with Crippen molar-refractivity contribution in [3.63, 3.8) is 0 Å². The summed E-state index contributed by atoms with van der Waals surface area (Å²) in [5.41, 5.74) is 0. The Morgan fingerprint density at radius 3 is 3.36 bits per heavy atom. The lowest BCUT2D eigenvalue weighted by Crippen LogP contribution is -2.33. The fourth-order valence-electron chi connectivity index (χ4n) is 1.18. The van der Waals surface area contributed by atoms with Crippen LogP contribution in [0.3, 0.4) is 0 Å². The number of nitrogens with zero attached hydrogens (tertiary/aromatic N) is 3. The van der Waals surface area contributed by atoms with Crippen LogP contribution in [0.15, 0.2) is 21.2 Å². The van der Waals surface area contributed by atoms with Gasteiger partial charge in [0.15, 0.2) is 0 Å². The van der Waals surface area contributed by atoms with E-state index in [1.807, 2.05) is 4.90 Å². The molecule has 0 bridgehead atoms. The second kappa shape index (κ2) is 2.34. The molecule has 0 fully saturated rings. The number of aliphatic imine (C=N–C) groups is 2. The highest BCUT2D eigenvalue weighted by molar-refractivity contribution is 6.32. The van der Waals surface area contributed by atoms with Crippen LogP contribution in [-0.4, -0.2) is 29.7 Å². The average molecular weight is 170 g/mol. The van der Waals surface area contributed by atoms with Gasteiger partial charge in [-0.15, -0.1) is 0 Å². The lowest BCUT2D eigenvalue weighted by molar-refractivity contribution is 0.525. The van der Waals surface area contributed by atoms with Crippen LogP contribution in [0, 0.1) is 0 Å². The number of rotatable bonds is 0.